The van der Waals surface area contributed by atoms with Crippen LogP contribution in [0.3, 0.4) is 0 Å². The lowest BCUT2D eigenvalue weighted by molar-refractivity contribution is 0.582. The number of hydrogen-bond acceptors (Lipinski definition) is 4. The van der Waals surface area contributed by atoms with Crippen molar-refractivity contribution in [3.8, 4) is 0 Å². The van der Waals surface area contributed by atoms with Crippen LogP contribution < -0.4 is 0 Å². The molecule has 1 atom stereocenters. The van der Waals surface area contributed by atoms with E-state index in [2.05, 4.69) is 10.2 Å². The molecule has 0 N–H and O–H groups in total. The van der Waals surface area contributed by atoms with Crippen molar-refractivity contribution in [1.29, 1.82) is 0 Å². The SMILES string of the molecule is CC(CCl)S(=O)(=O)c1ccc(Cl)nn1. The molecule has 0 aliphatic carbocycles. The van der Waals surface area contributed by atoms with Crippen LogP contribution in [-0.4, -0.2) is 29.7 Å². The monoisotopic (exact) mass is 254 g/mol. The molecule has 4 nitrogen and oxygen atoms in total. The van der Waals surface area contributed by atoms with Crippen molar-refractivity contribution in [3.63, 3.8) is 0 Å². The first-order valence-corrected chi connectivity index (χ1v) is 6.23. The van der Waals surface area contributed by atoms with Gasteiger partial charge in [0.05, 0.1) is 5.25 Å². The molecule has 0 aliphatic rings. The lowest BCUT2D eigenvalue weighted by atomic mass is 10.6. The van der Waals surface area contributed by atoms with E-state index in [0.717, 1.165) is 0 Å². The minimum atomic E-state index is -3.47. The Morgan fingerprint density at radius 1 is 1.43 bits per heavy atom. The Kier molecular flexibility index (Phi) is 3.69. The third-order valence-electron chi connectivity index (χ3n) is 1.65. The molecule has 0 radical (unpaired) electrons. The van der Waals surface area contributed by atoms with Gasteiger partial charge < -0.3 is 0 Å². The first-order valence-electron chi connectivity index (χ1n) is 3.77. The van der Waals surface area contributed by atoms with Gasteiger partial charge in [-0.3, -0.25) is 0 Å². The quantitative estimate of drug-likeness (QED) is 0.768. The number of hydrogen-bond donors (Lipinski definition) is 0. The molecular formula is C7H8Cl2N2O2S. The van der Waals surface area contributed by atoms with Crippen LogP contribution in [0.15, 0.2) is 17.2 Å². The Balaban J connectivity index is 3.11. The van der Waals surface area contributed by atoms with Crippen molar-refractivity contribution in [2.75, 3.05) is 5.88 Å². The molecule has 0 aliphatic heterocycles. The molecule has 0 saturated carbocycles. The van der Waals surface area contributed by atoms with Gasteiger partial charge in [0, 0.05) is 5.88 Å². The molecule has 0 amide bonds. The summed E-state index contributed by atoms with van der Waals surface area (Å²) in [4.78, 5) is 0. The second kappa shape index (κ2) is 4.42. The highest BCUT2D eigenvalue weighted by atomic mass is 35.5. The van der Waals surface area contributed by atoms with E-state index in [1.54, 1.807) is 0 Å². The van der Waals surface area contributed by atoms with E-state index in [4.69, 9.17) is 23.2 Å². The van der Waals surface area contributed by atoms with Gasteiger partial charge in [0.2, 0.25) is 9.84 Å². The van der Waals surface area contributed by atoms with Crippen LogP contribution in [0.1, 0.15) is 6.92 Å². The molecule has 78 valence electrons. The van der Waals surface area contributed by atoms with Crippen LogP contribution in [0.4, 0.5) is 0 Å². The lowest BCUT2D eigenvalue weighted by Crippen LogP contribution is -2.20. The zero-order valence-corrected chi connectivity index (χ0v) is 9.64. The summed E-state index contributed by atoms with van der Waals surface area (Å²) in [5.74, 6) is 0.0205. The molecule has 1 rings (SSSR count). The fourth-order valence-electron chi connectivity index (χ4n) is 0.745. The maximum atomic E-state index is 11.6. The average molecular weight is 255 g/mol. The number of nitrogens with zero attached hydrogens (tertiary/aromatic N) is 2. The molecular weight excluding hydrogens is 247 g/mol. The Bertz CT molecular complexity index is 404. The first kappa shape index (κ1) is 11.7. The Labute approximate surface area is 92.2 Å². The number of rotatable bonds is 3. The fourth-order valence-corrected chi connectivity index (χ4v) is 2.33. The van der Waals surface area contributed by atoms with Gasteiger partial charge in [-0.05, 0) is 19.1 Å². The summed E-state index contributed by atoms with van der Waals surface area (Å²) >= 11 is 10.9. The minimum absolute atomic E-state index is 0.0205. The highest BCUT2D eigenvalue weighted by molar-refractivity contribution is 7.92. The molecule has 0 bridgehead atoms. The smallest absolute Gasteiger partial charge is 0.201 e. The molecule has 14 heavy (non-hydrogen) atoms. The van der Waals surface area contributed by atoms with Gasteiger partial charge in [0.15, 0.2) is 10.2 Å². The Morgan fingerprint density at radius 3 is 2.50 bits per heavy atom. The summed E-state index contributed by atoms with van der Waals surface area (Å²) in [6.45, 7) is 1.51. The second-order valence-corrected chi connectivity index (χ2v) is 5.71. The molecule has 0 fully saturated rings. The van der Waals surface area contributed by atoms with E-state index >= 15 is 0 Å². The number of halogens is 2. The third kappa shape index (κ3) is 2.34. The van der Waals surface area contributed by atoms with E-state index in [0.29, 0.717) is 0 Å². The summed E-state index contributed by atoms with van der Waals surface area (Å²) < 4.78 is 23.3. The van der Waals surface area contributed by atoms with Gasteiger partial charge in [0.1, 0.15) is 0 Å². The highest BCUT2D eigenvalue weighted by Gasteiger charge is 2.24. The van der Waals surface area contributed by atoms with Gasteiger partial charge in [-0.2, -0.15) is 0 Å². The van der Waals surface area contributed by atoms with E-state index < -0.39 is 15.1 Å². The molecule has 0 aromatic carbocycles. The molecule has 1 aromatic heterocycles. The Hall–Kier alpha value is -0.390. The van der Waals surface area contributed by atoms with Crippen LogP contribution in [0.25, 0.3) is 0 Å². The normalized spacial score (nSPS) is 13.9. The summed E-state index contributed by atoms with van der Waals surface area (Å²) in [6.07, 6.45) is 0. The highest BCUT2D eigenvalue weighted by Crippen LogP contribution is 2.14. The molecule has 0 spiro atoms. The summed E-state index contributed by atoms with van der Waals surface area (Å²) in [5.41, 5.74) is 0. The average Bonchev–Trinajstić information content (AvgIpc) is 2.17. The van der Waals surface area contributed by atoms with E-state index in [9.17, 15) is 8.42 Å². The number of sulfone groups is 1. The topological polar surface area (TPSA) is 59.9 Å². The predicted molar refractivity (Wildman–Crippen MR) is 54.4 cm³/mol. The zero-order chi connectivity index (χ0) is 10.8. The van der Waals surface area contributed by atoms with Crippen LogP contribution in [-0.2, 0) is 9.84 Å². The van der Waals surface area contributed by atoms with Crippen LogP contribution >= 0.6 is 23.2 Å². The lowest BCUT2D eigenvalue weighted by Gasteiger charge is -2.07. The molecule has 1 heterocycles. The Morgan fingerprint density at radius 2 is 2.07 bits per heavy atom. The molecule has 1 aromatic rings. The van der Waals surface area contributed by atoms with Crippen molar-refractivity contribution in [2.24, 2.45) is 0 Å². The van der Waals surface area contributed by atoms with Crippen molar-refractivity contribution < 1.29 is 8.42 Å². The van der Waals surface area contributed by atoms with Crippen LogP contribution in [0, 0.1) is 0 Å². The van der Waals surface area contributed by atoms with Gasteiger partial charge in [-0.15, -0.1) is 21.8 Å². The van der Waals surface area contributed by atoms with Gasteiger partial charge in [-0.1, -0.05) is 11.6 Å². The van der Waals surface area contributed by atoms with Gasteiger partial charge >= 0.3 is 0 Å². The van der Waals surface area contributed by atoms with Crippen molar-refractivity contribution >= 4 is 33.0 Å². The standard InChI is InChI=1S/C7H8Cl2N2O2S/c1-5(4-8)14(12,13)7-3-2-6(9)10-11-7/h2-3,5H,4H2,1H3. The van der Waals surface area contributed by atoms with Gasteiger partial charge in [0.25, 0.3) is 0 Å². The third-order valence-corrected chi connectivity index (χ3v) is 4.52. The fraction of sp³-hybridized carbons (Fsp3) is 0.429. The first-order chi connectivity index (χ1) is 6.48. The zero-order valence-electron chi connectivity index (χ0n) is 7.31. The van der Waals surface area contributed by atoms with E-state index in [1.165, 1.54) is 19.1 Å². The van der Waals surface area contributed by atoms with E-state index in [1.807, 2.05) is 0 Å². The molecule has 7 heteroatoms. The predicted octanol–water partition coefficient (Wildman–Crippen LogP) is 1.53. The summed E-state index contributed by atoms with van der Waals surface area (Å²) in [5, 5.41) is 6.32. The maximum Gasteiger partial charge on any atom is 0.201 e. The van der Waals surface area contributed by atoms with E-state index in [-0.39, 0.29) is 16.1 Å². The van der Waals surface area contributed by atoms with Crippen molar-refractivity contribution in [2.45, 2.75) is 17.2 Å². The second-order valence-electron chi connectivity index (χ2n) is 2.70. The van der Waals surface area contributed by atoms with Crippen molar-refractivity contribution in [3.05, 3.63) is 17.3 Å². The molecule has 1 unspecified atom stereocenters. The number of aromatic nitrogens is 2. The van der Waals surface area contributed by atoms with Crippen molar-refractivity contribution in [1.82, 2.24) is 10.2 Å². The number of alkyl halides is 1. The van der Waals surface area contributed by atoms with Gasteiger partial charge in [-0.25, -0.2) is 8.42 Å². The minimum Gasteiger partial charge on any atom is -0.222 e. The maximum absolute atomic E-state index is 11.6. The summed E-state index contributed by atoms with van der Waals surface area (Å²) in [6, 6.07) is 2.69. The summed E-state index contributed by atoms with van der Waals surface area (Å²) in [7, 11) is -3.47. The molecule has 0 saturated heterocycles. The van der Waals surface area contributed by atoms with Crippen LogP contribution in [0.5, 0.6) is 0 Å². The van der Waals surface area contributed by atoms with Crippen LogP contribution in [0.2, 0.25) is 5.15 Å². The largest absolute Gasteiger partial charge is 0.222 e.